The summed E-state index contributed by atoms with van der Waals surface area (Å²) in [5.41, 5.74) is -0.273. The molecule has 0 aromatic heterocycles. The Balaban J connectivity index is 1.58. The van der Waals surface area contributed by atoms with Gasteiger partial charge in [-0.2, -0.15) is 0 Å². The maximum absolute atomic E-state index is 13.2. The van der Waals surface area contributed by atoms with Crippen molar-refractivity contribution >= 4 is 17.6 Å². The highest BCUT2D eigenvalue weighted by Gasteiger charge is 2.49. The molecular formula is C23H19N3O5. The second-order valence-electron chi connectivity index (χ2n) is 7.27. The van der Waals surface area contributed by atoms with Gasteiger partial charge < -0.3 is 10.1 Å². The van der Waals surface area contributed by atoms with Gasteiger partial charge in [-0.25, -0.2) is 4.79 Å². The predicted octanol–water partition coefficient (Wildman–Crippen LogP) is 4.35. The highest BCUT2D eigenvalue weighted by atomic mass is 16.6. The average molecular weight is 417 g/mol. The molecule has 3 amide bonds. The monoisotopic (exact) mass is 417 g/mol. The number of carbonyl (C=O) groups excluding carboxylic acids is 2. The zero-order valence-corrected chi connectivity index (χ0v) is 16.6. The van der Waals surface area contributed by atoms with Gasteiger partial charge >= 0.3 is 6.03 Å². The number of nitro benzene ring substituents is 1. The zero-order chi connectivity index (χ0) is 22.0. The van der Waals surface area contributed by atoms with E-state index in [0.717, 1.165) is 4.90 Å². The summed E-state index contributed by atoms with van der Waals surface area (Å²) in [6.45, 7) is 1.61. The lowest BCUT2D eigenvalue weighted by atomic mass is 9.92. The van der Waals surface area contributed by atoms with Gasteiger partial charge in [0.15, 0.2) is 0 Å². The van der Waals surface area contributed by atoms with Crippen LogP contribution in [0.1, 0.15) is 18.1 Å². The van der Waals surface area contributed by atoms with E-state index in [0.29, 0.717) is 22.6 Å². The number of benzene rings is 3. The summed E-state index contributed by atoms with van der Waals surface area (Å²) < 4.78 is 5.93. The molecule has 0 radical (unpaired) electrons. The Labute approximate surface area is 178 Å². The fourth-order valence-corrected chi connectivity index (χ4v) is 3.47. The summed E-state index contributed by atoms with van der Waals surface area (Å²) in [5, 5.41) is 13.6. The molecule has 0 saturated carbocycles. The lowest BCUT2D eigenvalue weighted by molar-refractivity contribution is -0.384. The molecule has 1 aliphatic rings. The Morgan fingerprint density at radius 2 is 1.61 bits per heavy atom. The maximum atomic E-state index is 13.2. The highest BCUT2D eigenvalue weighted by Crippen LogP contribution is 2.33. The number of hydrogen-bond acceptors (Lipinski definition) is 5. The molecule has 3 aromatic carbocycles. The van der Waals surface area contributed by atoms with Crippen LogP contribution in [0.25, 0.3) is 0 Å². The number of non-ortho nitro benzene ring substituents is 1. The van der Waals surface area contributed by atoms with E-state index in [2.05, 4.69) is 5.32 Å². The van der Waals surface area contributed by atoms with E-state index in [1.54, 1.807) is 25.1 Å². The molecule has 1 N–H and O–H groups in total. The predicted molar refractivity (Wildman–Crippen MR) is 112 cm³/mol. The molecule has 1 aliphatic heterocycles. The molecule has 1 atom stereocenters. The van der Waals surface area contributed by atoms with Crippen molar-refractivity contribution in [2.24, 2.45) is 0 Å². The highest BCUT2D eigenvalue weighted by molar-refractivity contribution is 6.07. The van der Waals surface area contributed by atoms with Crippen LogP contribution in [0.2, 0.25) is 0 Å². The van der Waals surface area contributed by atoms with E-state index in [9.17, 15) is 19.7 Å². The lowest BCUT2D eigenvalue weighted by Crippen LogP contribution is -2.40. The molecule has 156 valence electrons. The van der Waals surface area contributed by atoms with Gasteiger partial charge in [-0.15, -0.1) is 0 Å². The van der Waals surface area contributed by atoms with Crippen LogP contribution >= 0.6 is 0 Å². The van der Waals surface area contributed by atoms with Crippen molar-refractivity contribution < 1.29 is 19.2 Å². The van der Waals surface area contributed by atoms with Gasteiger partial charge in [0, 0.05) is 17.7 Å². The maximum Gasteiger partial charge on any atom is 0.325 e. The number of nitrogens with zero attached hydrogens (tertiary/aromatic N) is 2. The number of nitro groups is 1. The first-order valence-corrected chi connectivity index (χ1v) is 9.58. The van der Waals surface area contributed by atoms with Gasteiger partial charge in [-0.3, -0.25) is 19.8 Å². The summed E-state index contributed by atoms with van der Waals surface area (Å²) in [6, 6.07) is 21.4. The van der Waals surface area contributed by atoms with Gasteiger partial charge in [0.25, 0.3) is 11.6 Å². The molecule has 1 saturated heterocycles. The third-order valence-electron chi connectivity index (χ3n) is 5.20. The largest absolute Gasteiger partial charge is 0.457 e. The number of imide groups is 1. The zero-order valence-electron chi connectivity index (χ0n) is 16.6. The van der Waals surface area contributed by atoms with Crippen LogP contribution in [-0.4, -0.2) is 21.8 Å². The number of nitrogens with one attached hydrogen (secondary N) is 1. The smallest absolute Gasteiger partial charge is 0.325 e. The number of para-hydroxylation sites is 2. The minimum absolute atomic E-state index is 0.0241. The van der Waals surface area contributed by atoms with Crippen LogP contribution in [0.15, 0.2) is 78.9 Å². The summed E-state index contributed by atoms with van der Waals surface area (Å²) in [7, 11) is 0. The van der Waals surface area contributed by atoms with Crippen molar-refractivity contribution in [2.45, 2.75) is 19.0 Å². The molecular weight excluding hydrogens is 398 g/mol. The van der Waals surface area contributed by atoms with Crippen LogP contribution in [0.3, 0.4) is 0 Å². The number of hydrogen-bond donors (Lipinski definition) is 1. The van der Waals surface area contributed by atoms with E-state index in [1.807, 2.05) is 36.4 Å². The second kappa shape index (κ2) is 7.91. The minimum atomic E-state index is -1.32. The fourth-order valence-electron chi connectivity index (χ4n) is 3.47. The molecule has 8 nitrogen and oxygen atoms in total. The Bertz CT molecular complexity index is 1150. The van der Waals surface area contributed by atoms with Crippen molar-refractivity contribution in [1.29, 1.82) is 0 Å². The van der Waals surface area contributed by atoms with Crippen molar-refractivity contribution in [3.63, 3.8) is 0 Å². The first kappa shape index (κ1) is 20.1. The molecule has 1 fully saturated rings. The van der Waals surface area contributed by atoms with Crippen LogP contribution in [0.4, 0.5) is 10.5 Å². The summed E-state index contributed by atoms with van der Waals surface area (Å²) in [4.78, 5) is 37.4. The molecule has 1 heterocycles. The molecule has 0 spiro atoms. The topological polar surface area (TPSA) is 102 Å². The van der Waals surface area contributed by atoms with Gasteiger partial charge in [0.05, 0.1) is 11.5 Å². The van der Waals surface area contributed by atoms with Crippen molar-refractivity contribution in [1.82, 2.24) is 10.2 Å². The summed E-state index contributed by atoms with van der Waals surface area (Å²) in [6.07, 6.45) is 0. The number of amides is 3. The first-order valence-electron chi connectivity index (χ1n) is 9.58. The number of ether oxygens (including phenoxy) is 1. The summed E-state index contributed by atoms with van der Waals surface area (Å²) >= 11 is 0. The molecule has 8 heteroatoms. The Kier molecular flexibility index (Phi) is 5.12. The molecule has 31 heavy (non-hydrogen) atoms. The SMILES string of the molecule is C[C@]1(c2ccc([N+](=O)[O-])cc2)NC(=O)N(Cc2ccccc2Oc2ccccc2)C1=O. The summed E-state index contributed by atoms with van der Waals surface area (Å²) in [5.74, 6) is 0.738. The van der Waals surface area contributed by atoms with Crippen molar-refractivity contribution in [3.8, 4) is 11.5 Å². The van der Waals surface area contributed by atoms with Gasteiger partial charge in [-0.1, -0.05) is 36.4 Å². The van der Waals surface area contributed by atoms with E-state index in [-0.39, 0.29) is 12.2 Å². The van der Waals surface area contributed by atoms with E-state index in [4.69, 9.17) is 4.74 Å². The van der Waals surface area contributed by atoms with Crippen molar-refractivity contribution in [2.75, 3.05) is 0 Å². The average Bonchev–Trinajstić information content (AvgIpc) is 2.99. The third-order valence-corrected chi connectivity index (χ3v) is 5.20. The van der Waals surface area contributed by atoms with Crippen molar-refractivity contribution in [3.05, 3.63) is 100 Å². The lowest BCUT2D eigenvalue weighted by Gasteiger charge is -2.22. The first-order chi connectivity index (χ1) is 14.9. The van der Waals surface area contributed by atoms with Gasteiger partial charge in [-0.05, 0) is 42.8 Å². The fraction of sp³-hybridized carbons (Fsp3) is 0.130. The molecule has 0 bridgehead atoms. The van der Waals surface area contributed by atoms with Crippen LogP contribution in [0, 0.1) is 10.1 Å². The van der Waals surface area contributed by atoms with Crippen LogP contribution in [-0.2, 0) is 16.9 Å². The van der Waals surface area contributed by atoms with Gasteiger partial charge in [0.2, 0.25) is 0 Å². The van der Waals surface area contributed by atoms with Crippen LogP contribution < -0.4 is 10.1 Å². The van der Waals surface area contributed by atoms with E-state index < -0.39 is 22.4 Å². The number of carbonyl (C=O) groups is 2. The molecule has 3 aromatic rings. The van der Waals surface area contributed by atoms with E-state index in [1.165, 1.54) is 24.3 Å². The normalized spacial score (nSPS) is 18.0. The van der Waals surface area contributed by atoms with Crippen LogP contribution in [0.5, 0.6) is 11.5 Å². The minimum Gasteiger partial charge on any atom is -0.457 e. The quantitative estimate of drug-likeness (QED) is 0.365. The number of urea groups is 1. The van der Waals surface area contributed by atoms with Gasteiger partial charge in [0.1, 0.15) is 17.0 Å². The Hall–Kier alpha value is -4.20. The molecule has 4 rings (SSSR count). The standard InChI is InChI=1S/C23H19N3O5/c1-23(17-11-13-18(14-12-17)26(29)30)21(27)25(22(28)24-23)15-16-7-5-6-10-20(16)31-19-8-3-2-4-9-19/h2-14H,15H2,1H3,(H,24,28)/t23-/m1/s1. The Morgan fingerprint density at radius 1 is 0.968 bits per heavy atom. The molecule has 0 aliphatic carbocycles. The second-order valence-corrected chi connectivity index (χ2v) is 7.27. The Morgan fingerprint density at radius 3 is 2.29 bits per heavy atom. The number of rotatable bonds is 6. The van der Waals surface area contributed by atoms with E-state index >= 15 is 0 Å². The molecule has 0 unspecified atom stereocenters. The third kappa shape index (κ3) is 3.83.